The Labute approximate surface area is 180 Å². The average Bonchev–Trinajstić information content (AvgIpc) is 3.20. The summed E-state index contributed by atoms with van der Waals surface area (Å²) in [5.74, 6) is 0.385. The third kappa shape index (κ3) is 3.23. The molecule has 1 aliphatic heterocycles. The summed E-state index contributed by atoms with van der Waals surface area (Å²) in [6, 6.07) is 19.1. The molecule has 0 radical (unpaired) electrons. The normalized spacial score (nSPS) is 18.7. The minimum atomic E-state index is -0.635. The van der Waals surface area contributed by atoms with E-state index in [1.54, 1.807) is 23.5 Å². The number of fused-ring (bicyclic) bond motifs is 1. The van der Waals surface area contributed by atoms with E-state index in [1.165, 1.54) is 11.3 Å². The maximum atomic E-state index is 12.4. The van der Waals surface area contributed by atoms with Crippen LogP contribution in [0.1, 0.15) is 11.6 Å². The molecule has 1 fully saturated rings. The Kier molecular flexibility index (Phi) is 4.62. The number of alkyl halides is 1. The average molecular weight is 441 g/mol. The number of hydrogen-bond acceptors (Lipinski definition) is 5. The van der Waals surface area contributed by atoms with Gasteiger partial charge in [-0.1, -0.05) is 54.1 Å². The lowest BCUT2D eigenvalue weighted by molar-refractivity contribution is -0.143. The van der Waals surface area contributed by atoms with Gasteiger partial charge in [0.15, 0.2) is 5.82 Å². The van der Waals surface area contributed by atoms with Crippen molar-refractivity contribution >= 4 is 56.5 Å². The summed E-state index contributed by atoms with van der Waals surface area (Å²) in [5, 5.41) is 1.52. The first-order valence-corrected chi connectivity index (χ1v) is 10.5. The first-order valence-electron chi connectivity index (χ1n) is 8.91. The Morgan fingerprint density at radius 1 is 1.03 bits per heavy atom. The molecule has 4 aromatic rings. The molecule has 2 unspecified atom stereocenters. The lowest BCUT2D eigenvalue weighted by Crippen LogP contribution is -2.58. The topological polar surface area (TPSA) is 58.1 Å². The van der Waals surface area contributed by atoms with Gasteiger partial charge in [0.1, 0.15) is 17.7 Å². The van der Waals surface area contributed by atoms with Crippen LogP contribution in [0, 0.1) is 0 Å². The quantitative estimate of drug-likeness (QED) is 0.334. The molecule has 0 aliphatic carbocycles. The Bertz CT molecular complexity index is 1200. The van der Waals surface area contributed by atoms with Gasteiger partial charge in [-0.05, 0) is 29.3 Å². The van der Waals surface area contributed by atoms with Crippen molar-refractivity contribution in [2.45, 2.75) is 11.4 Å². The zero-order chi connectivity index (χ0) is 20.0. The molecule has 2 atom stereocenters. The molecule has 29 heavy (non-hydrogen) atoms. The van der Waals surface area contributed by atoms with E-state index in [-0.39, 0.29) is 11.9 Å². The van der Waals surface area contributed by atoms with Crippen LogP contribution in [0.4, 0.5) is 5.82 Å². The van der Waals surface area contributed by atoms with E-state index in [0.717, 1.165) is 26.2 Å². The highest BCUT2D eigenvalue weighted by molar-refractivity contribution is 7.22. The number of amides is 1. The van der Waals surface area contributed by atoms with E-state index in [9.17, 15) is 4.79 Å². The van der Waals surface area contributed by atoms with Crippen LogP contribution in [0.25, 0.3) is 20.7 Å². The Morgan fingerprint density at radius 3 is 2.55 bits per heavy atom. The lowest BCUT2D eigenvalue weighted by atomic mass is 9.95. The lowest BCUT2D eigenvalue weighted by Gasteiger charge is -2.44. The number of halogens is 2. The molecule has 5 rings (SSSR count). The maximum Gasteiger partial charge on any atom is 0.262 e. The fourth-order valence-electron chi connectivity index (χ4n) is 3.35. The summed E-state index contributed by atoms with van der Waals surface area (Å²) in [6.07, 6.45) is 1.49. The number of hydrogen-bond donors (Lipinski definition) is 1. The molecule has 5 nitrogen and oxygen atoms in total. The SMILES string of the molecule is O=C1C(Cl)C(c2ccc(Cl)cc2)N1Nc1ncnc2cc(-c3ccccc3)sc12. The molecule has 1 saturated heterocycles. The van der Waals surface area contributed by atoms with Crippen molar-refractivity contribution in [1.29, 1.82) is 0 Å². The van der Waals surface area contributed by atoms with Crippen molar-refractivity contribution in [3.8, 4) is 10.4 Å². The smallest absolute Gasteiger partial charge is 0.262 e. The van der Waals surface area contributed by atoms with Gasteiger partial charge in [-0.2, -0.15) is 0 Å². The van der Waals surface area contributed by atoms with Crippen molar-refractivity contribution in [2.75, 3.05) is 5.43 Å². The van der Waals surface area contributed by atoms with Crippen molar-refractivity contribution in [1.82, 2.24) is 15.0 Å². The largest absolute Gasteiger partial charge is 0.277 e. The summed E-state index contributed by atoms with van der Waals surface area (Å²) in [6.45, 7) is 0. The number of carbonyl (C=O) groups is 1. The summed E-state index contributed by atoms with van der Waals surface area (Å²) in [7, 11) is 0. The van der Waals surface area contributed by atoms with Crippen LogP contribution in [0.2, 0.25) is 5.02 Å². The van der Waals surface area contributed by atoms with Gasteiger partial charge in [-0.3, -0.25) is 10.2 Å². The van der Waals surface area contributed by atoms with Gasteiger partial charge in [-0.25, -0.2) is 15.0 Å². The van der Waals surface area contributed by atoms with E-state index in [4.69, 9.17) is 23.2 Å². The van der Waals surface area contributed by atoms with Gasteiger partial charge in [0.25, 0.3) is 5.91 Å². The highest BCUT2D eigenvalue weighted by atomic mass is 35.5. The number of nitrogens with zero attached hydrogens (tertiary/aromatic N) is 3. The second-order valence-electron chi connectivity index (χ2n) is 6.63. The van der Waals surface area contributed by atoms with Crippen molar-refractivity contribution in [3.63, 3.8) is 0 Å². The van der Waals surface area contributed by atoms with Gasteiger partial charge in [0, 0.05) is 9.90 Å². The molecule has 1 N–H and O–H groups in total. The fourth-order valence-corrected chi connectivity index (χ4v) is 4.89. The fraction of sp³-hybridized carbons (Fsp3) is 0.0952. The minimum absolute atomic E-state index is 0.196. The summed E-state index contributed by atoms with van der Waals surface area (Å²) >= 11 is 13.9. The molecule has 0 saturated carbocycles. The van der Waals surface area contributed by atoms with Crippen LogP contribution in [0.5, 0.6) is 0 Å². The third-order valence-corrected chi connectivity index (χ3v) is 6.69. The molecule has 2 aromatic heterocycles. The Hall–Kier alpha value is -2.67. The zero-order valence-corrected chi connectivity index (χ0v) is 17.2. The van der Waals surface area contributed by atoms with E-state index < -0.39 is 5.38 Å². The maximum absolute atomic E-state index is 12.4. The zero-order valence-electron chi connectivity index (χ0n) is 14.9. The molecule has 3 heterocycles. The molecule has 1 amide bonds. The van der Waals surface area contributed by atoms with Gasteiger partial charge >= 0.3 is 0 Å². The molecular formula is C21H14Cl2N4OS. The molecule has 2 aromatic carbocycles. The third-order valence-electron chi connectivity index (χ3n) is 4.84. The van der Waals surface area contributed by atoms with E-state index >= 15 is 0 Å². The Morgan fingerprint density at radius 2 is 1.79 bits per heavy atom. The molecule has 0 bridgehead atoms. The van der Waals surface area contributed by atoms with Crippen molar-refractivity contribution in [2.24, 2.45) is 0 Å². The minimum Gasteiger partial charge on any atom is -0.277 e. The van der Waals surface area contributed by atoms with Gasteiger partial charge in [0.2, 0.25) is 0 Å². The van der Waals surface area contributed by atoms with Crippen LogP contribution in [0.15, 0.2) is 67.0 Å². The van der Waals surface area contributed by atoms with E-state index in [1.807, 2.05) is 36.4 Å². The number of aromatic nitrogens is 2. The number of carbonyl (C=O) groups excluding carboxylic acids is 1. The van der Waals surface area contributed by atoms with Crippen LogP contribution in [-0.2, 0) is 4.79 Å². The van der Waals surface area contributed by atoms with Gasteiger partial charge in [0.05, 0.1) is 10.2 Å². The van der Waals surface area contributed by atoms with Gasteiger partial charge < -0.3 is 0 Å². The first kappa shape index (κ1) is 18.4. The van der Waals surface area contributed by atoms with Crippen LogP contribution in [0.3, 0.4) is 0 Å². The second-order valence-corrected chi connectivity index (χ2v) is 8.59. The summed E-state index contributed by atoms with van der Waals surface area (Å²) in [5.41, 5.74) is 6.00. The molecule has 1 aliphatic rings. The predicted molar refractivity (Wildman–Crippen MR) is 117 cm³/mol. The number of nitrogens with one attached hydrogen (secondary N) is 1. The Balaban J connectivity index is 1.48. The number of rotatable bonds is 4. The monoisotopic (exact) mass is 440 g/mol. The number of anilines is 1. The number of benzene rings is 2. The number of β-lactam (4-membered cyclic amide) rings is 1. The van der Waals surface area contributed by atoms with Crippen LogP contribution >= 0.6 is 34.5 Å². The number of thiophene rings is 1. The van der Waals surface area contributed by atoms with Crippen molar-refractivity contribution in [3.05, 3.63) is 77.6 Å². The first-order chi connectivity index (χ1) is 14.1. The van der Waals surface area contributed by atoms with Crippen LogP contribution in [-0.4, -0.2) is 26.3 Å². The standard InChI is InChI=1S/C21H14Cl2N4OS/c22-14-8-6-13(7-9-14)18-17(23)21(28)27(18)26-20-19-15(24-11-25-20)10-16(29-19)12-4-2-1-3-5-12/h1-11,17-18H,(H,24,25,26). The highest BCUT2D eigenvalue weighted by Crippen LogP contribution is 2.41. The second kappa shape index (κ2) is 7.30. The molecule has 0 spiro atoms. The van der Waals surface area contributed by atoms with E-state index in [2.05, 4.69) is 27.5 Å². The van der Waals surface area contributed by atoms with Gasteiger partial charge in [-0.15, -0.1) is 22.9 Å². The molecule has 144 valence electrons. The number of hydrazine groups is 1. The predicted octanol–water partition coefficient (Wildman–Crippen LogP) is 5.53. The van der Waals surface area contributed by atoms with Crippen molar-refractivity contribution < 1.29 is 4.79 Å². The summed E-state index contributed by atoms with van der Waals surface area (Å²) < 4.78 is 0.882. The van der Waals surface area contributed by atoms with Crippen LogP contribution < -0.4 is 5.43 Å². The van der Waals surface area contributed by atoms with E-state index in [0.29, 0.717) is 10.8 Å². The molecule has 8 heteroatoms. The highest BCUT2D eigenvalue weighted by Gasteiger charge is 2.48. The molecular weight excluding hydrogens is 427 g/mol. The summed E-state index contributed by atoms with van der Waals surface area (Å²) in [4.78, 5) is 22.3.